The predicted molar refractivity (Wildman–Crippen MR) is 52.6 cm³/mol. The topological polar surface area (TPSA) is 76.1 Å². The Kier molecular flexibility index (Phi) is 2.53. The van der Waals surface area contributed by atoms with Gasteiger partial charge in [-0.15, -0.1) is 0 Å². The van der Waals surface area contributed by atoms with E-state index in [-0.39, 0.29) is 5.92 Å². The summed E-state index contributed by atoms with van der Waals surface area (Å²) < 4.78 is 9.35. The zero-order valence-corrected chi connectivity index (χ0v) is 9.30. The average molecular weight is 229 g/mol. The molecule has 6 heteroatoms. The van der Waals surface area contributed by atoms with Crippen LogP contribution < -0.4 is 0 Å². The van der Waals surface area contributed by atoms with E-state index < -0.39 is 23.7 Å². The van der Waals surface area contributed by atoms with Gasteiger partial charge in [0.25, 0.3) is 0 Å². The molecule has 1 aliphatic carbocycles. The van der Waals surface area contributed by atoms with Gasteiger partial charge in [-0.1, -0.05) is 0 Å². The van der Waals surface area contributed by atoms with E-state index in [0.717, 1.165) is 0 Å². The van der Waals surface area contributed by atoms with Gasteiger partial charge in [0.2, 0.25) is 0 Å². The van der Waals surface area contributed by atoms with E-state index in [1.807, 2.05) is 0 Å². The number of nitrogens with zero attached hydrogens (tertiary/aromatic N) is 1. The Morgan fingerprint density at radius 2 is 2.06 bits per heavy atom. The molecule has 2 rings (SSSR count). The van der Waals surface area contributed by atoms with Crippen molar-refractivity contribution in [2.45, 2.75) is 24.5 Å². The molecule has 0 unspecified atom stereocenters. The van der Waals surface area contributed by atoms with E-state index >= 15 is 0 Å². The predicted octanol–water partition coefficient (Wildman–Crippen LogP) is -0.249. The normalized spacial score (nSPS) is 36.3. The van der Waals surface area contributed by atoms with Crippen LogP contribution in [-0.4, -0.2) is 54.5 Å². The van der Waals surface area contributed by atoms with Gasteiger partial charge in [-0.25, -0.2) is 9.59 Å². The van der Waals surface area contributed by atoms with Crippen molar-refractivity contribution in [3.8, 4) is 0 Å². The summed E-state index contributed by atoms with van der Waals surface area (Å²) in [6.07, 6.45) is -0.158. The molecule has 0 bridgehead atoms. The smallest absolute Gasteiger partial charge is 0.410 e. The molecule has 1 saturated heterocycles. The Hall–Kier alpha value is -1.30. The fraction of sp³-hybridized carbons (Fsp3) is 0.800. The summed E-state index contributed by atoms with van der Waals surface area (Å²) in [5.41, 5.74) is -0.987. The molecule has 0 spiro atoms. The zero-order chi connectivity index (χ0) is 11.9. The number of hydrogen-bond donors (Lipinski definition) is 1. The number of likely N-dealkylation sites (tertiary alicyclic amines) is 1. The number of aliphatic hydroxyl groups is 1. The Labute approximate surface area is 93.1 Å². The first-order valence-electron chi connectivity index (χ1n) is 5.20. The first-order valence-corrected chi connectivity index (χ1v) is 5.20. The number of amides is 1. The minimum Gasteiger partial charge on any atom is -0.467 e. The maximum atomic E-state index is 11.7. The summed E-state index contributed by atoms with van der Waals surface area (Å²) >= 11 is 0. The molecule has 16 heavy (non-hydrogen) atoms. The van der Waals surface area contributed by atoms with Crippen LogP contribution in [0.25, 0.3) is 0 Å². The quantitative estimate of drug-likeness (QED) is 0.627. The molecule has 1 saturated carbocycles. The van der Waals surface area contributed by atoms with Crippen LogP contribution in [-0.2, 0) is 14.3 Å². The summed E-state index contributed by atoms with van der Waals surface area (Å²) in [6.45, 7) is 0.319. The lowest BCUT2D eigenvalue weighted by atomic mass is 10.00. The van der Waals surface area contributed by atoms with Crippen LogP contribution in [0.2, 0.25) is 0 Å². The largest absolute Gasteiger partial charge is 0.467 e. The van der Waals surface area contributed by atoms with E-state index in [0.29, 0.717) is 19.4 Å². The Bertz CT molecular complexity index is 331. The third-order valence-electron chi connectivity index (χ3n) is 3.51. The van der Waals surface area contributed by atoms with Crippen LogP contribution in [0.1, 0.15) is 12.8 Å². The van der Waals surface area contributed by atoms with E-state index in [4.69, 9.17) is 4.74 Å². The summed E-state index contributed by atoms with van der Waals surface area (Å²) in [6, 6.07) is 0. The number of esters is 1. The number of piperidine rings is 1. The fourth-order valence-electron chi connectivity index (χ4n) is 2.59. The zero-order valence-electron chi connectivity index (χ0n) is 9.30. The monoisotopic (exact) mass is 229 g/mol. The minimum atomic E-state index is -0.987. The molecule has 3 atom stereocenters. The van der Waals surface area contributed by atoms with Crippen molar-refractivity contribution in [1.82, 2.24) is 4.90 Å². The molecule has 1 N–H and O–H groups in total. The molecule has 0 aromatic carbocycles. The molecule has 90 valence electrons. The highest BCUT2D eigenvalue weighted by molar-refractivity contribution is 5.90. The van der Waals surface area contributed by atoms with Crippen LogP contribution in [0.3, 0.4) is 0 Å². The molecule has 1 aliphatic heterocycles. The number of hydrogen-bond acceptors (Lipinski definition) is 5. The average Bonchev–Trinajstić information content (AvgIpc) is 3.05. The second-order valence-electron chi connectivity index (χ2n) is 4.20. The van der Waals surface area contributed by atoms with Gasteiger partial charge in [0.1, 0.15) is 5.54 Å². The summed E-state index contributed by atoms with van der Waals surface area (Å²) in [4.78, 5) is 24.6. The van der Waals surface area contributed by atoms with Gasteiger partial charge in [-0.3, -0.25) is 4.90 Å². The van der Waals surface area contributed by atoms with E-state index in [9.17, 15) is 14.7 Å². The summed E-state index contributed by atoms with van der Waals surface area (Å²) in [7, 11) is 2.55. The molecule has 2 fully saturated rings. The van der Waals surface area contributed by atoms with Gasteiger partial charge in [-0.2, -0.15) is 0 Å². The number of aliphatic hydroxyl groups excluding tert-OH is 1. The molecule has 0 aromatic heterocycles. The Morgan fingerprint density at radius 3 is 2.62 bits per heavy atom. The van der Waals surface area contributed by atoms with Gasteiger partial charge in [0.05, 0.1) is 20.3 Å². The molecular weight excluding hydrogens is 214 g/mol. The summed E-state index contributed by atoms with van der Waals surface area (Å²) in [5, 5.41) is 9.71. The van der Waals surface area contributed by atoms with Crippen LogP contribution in [0.5, 0.6) is 0 Å². The summed E-state index contributed by atoms with van der Waals surface area (Å²) in [5.74, 6) is -0.686. The number of ether oxygens (including phenoxy) is 2. The SMILES string of the molecule is COC(=O)N1CC[C@@H](O)[C@H]2C[C@]21C(=O)OC. The third kappa shape index (κ3) is 1.29. The maximum Gasteiger partial charge on any atom is 0.410 e. The van der Waals surface area contributed by atoms with E-state index in [1.165, 1.54) is 19.1 Å². The van der Waals surface area contributed by atoms with Gasteiger partial charge in [0.15, 0.2) is 0 Å². The first-order chi connectivity index (χ1) is 7.57. The van der Waals surface area contributed by atoms with Crippen LogP contribution in [0, 0.1) is 5.92 Å². The number of methoxy groups -OCH3 is 2. The van der Waals surface area contributed by atoms with Gasteiger partial charge in [-0.05, 0) is 12.8 Å². The van der Waals surface area contributed by atoms with Crippen molar-refractivity contribution in [3.63, 3.8) is 0 Å². The van der Waals surface area contributed by atoms with Crippen molar-refractivity contribution in [2.24, 2.45) is 5.92 Å². The van der Waals surface area contributed by atoms with Crippen molar-refractivity contribution < 1.29 is 24.2 Å². The van der Waals surface area contributed by atoms with E-state index in [1.54, 1.807) is 0 Å². The number of carbonyl (C=O) groups excluding carboxylic acids is 2. The molecule has 1 amide bonds. The molecular formula is C10H15NO5. The highest BCUT2D eigenvalue weighted by atomic mass is 16.5. The second kappa shape index (κ2) is 3.62. The number of rotatable bonds is 1. The van der Waals surface area contributed by atoms with Crippen molar-refractivity contribution in [1.29, 1.82) is 0 Å². The van der Waals surface area contributed by atoms with Crippen molar-refractivity contribution >= 4 is 12.1 Å². The molecule has 2 aliphatic rings. The van der Waals surface area contributed by atoms with Gasteiger partial charge >= 0.3 is 12.1 Å². The fourth-order valence-corrected chi connectivity index (χ4v) is 2.59. The van der Waals surface area contributed by atoms with Crippen LogP contribution in [0.4, 0.5) is 4.79 Å². The highest BCUT2D eigenvalue weighted by Gasteiger charge is 2.70. The lowest BCUT2D eigenvalue weighted by molar-refractivity contribution is -0.151. The molecule has 0 aromatic rings. The van der Waals surface area contributed by atoms with Gasteiger partial charge in [0, 0.05) is 12.5 Å². The Balaban J connectivity index is 2.26. The van der Waals surface area contributed by atoms with E-state index in [2.05, 4.69) is 4.74 Å². The molecule has 0 radical (unpaired) electrons. The first kappa shape index (κ1) is 11.2. The van der Waals surface area contributed by atoms with Crippen LogP contribution in [0.15, 0.2) is 0 Å². The van der Waals surface area contributed by atoms with Crippen LogP contribution >= 0.6 is 0 Å². The highest BCUT2D eigenvalue weighted by Crippen LogP contribution is 2.54. The second-order valence-corrected chi connectivity index (χ2v) is 4.20. The molecule has 6 nitrogen and oxygen atoms in total. The third-order valence-corrected chi connectivity index (χ3v) is 3.51. The number of carbonyl (C=O) groups is 2. The van der Waals surface area contributed by atoms with Crippen molar-refractivity contribution in [3.05, 3.63) is 0 Å². The minimum absolute atomic E-state index is 0.215. The maximum absolute atomic E-state index is 11.7. The standard InChI is InChI=1S/C10H15NO5/c1-15-8(13)10-5-6(10)7(12)3-4-11(10)9(14)16-2/h6-7,12H,3-5H2,1-2H3/t6-,7-,10-/m1/s1. The number of fused-ring (bicyclic) bond motifs is 1. The lowest BCUT2D eigenvalue weighted by Crippen LogP contribution is -2.54. The Morgan fingerprint density at radius 1 is 1.38 bits per heavy atom. The van der Waals surface area contributed by atoms with Gasteiger partial charge < -0.3 is 14.6 Å². The lowest BCUT2D eigenvalue weighted by Gasteiger charge is -2.34. The molecule has 1 heterocycles. The van der Waals surface area contributed by atoms with Crippen molar-refractivity contribution in [2.75, 3.05) is 20.8 Å².